The molecule has 1 aliphatic rings. The molecule has 4 nitrogen and oxygen atoms in total. The molecule has 0 aliphatic heterocycles. The minimum absolute atomic E-state index is 0.0254. The summed E-state index contributed by atoms with van der Waals surface area (Å²) in [4.78, 5) is 18.9. The van der Waals surface area contributed by atoms with Crippen molar-refractivity contribution in [1.29, 1.82) is 0 Å². The summed E-state index contributed by atoms with van der Waals surface area (Å²) in [6.45, 7) is 3.41. The molecule has 3 aromatic rings. The monoisotopic (exact) mass is 386 g/mol. The second-order valence-corrected chi connectivity index (χ2v) is 7.75. The highest BCUT2D eigenvalue weighted by molar-refractivity contribution is 5.91. The van der Waals surface area contributed by atoms with Gasteiger partial charge in [0.15, 0.2) is 0 Å². The minimum Gasteiger partial charge on any atom is -0.461 e. The van der Waals surface area contributed by atoms with E-state index >= 15 is 0 Å². The Kier molecular flexibility index (Phi) is 5.89. The number of nitrogens with zero attached hydrogens (tertiary/aromatic N) is 2. The first-order valence-electron chi connectivity index (χ1n) is 10.2. The molecule has 0 saturated heterocycles. The van der Waals surface area contributed by atoms with Gasteiger partial charge < -0.3 is 9.32 Å². The molecule has 2 unspecified atom stereocenters. The van der Waals surface area contributed by atoms with Gasteiger partial charge in [0.2, 0.25) is 5.91 Å². The summed E-state index contributed by atoms with van der Waals surface area (Å²) in [6.07, 6.45) is 8.94. The number of carbonyl (C=O) groups is 1. The lowest BCUT2D eigenvalue weighted by molar-refractivity contribution is -0.126. The van der Waals surface area contributed by atoms with Gasteiger partial charge in [0.05, 0.1) is 0 Å². The third kappa shape index (κ3) is 5.23. The molecule has 148 valence electrons. The Balaban J connectivity index is 1.43. The second-order valence-electron chi connectivity index (χ2n) is 7.75. The summed E-state index contributed by atoms with van der Waals surface area (Å²) in [7, 11) is 0. The van der Waals surface area contributed by atoms with Crippen molar-refractivity contribution in [3.8, 4) is 0 Å². The SMILES string of the molecule is CC1CC1c1ccc(/C=C/C(=O)N(CCc2ccccc2)Cc2cccnc2)o1. The number of benzene rings is 1. The fourth-order valence-electron chi connectivity index (χ4n) is 3.52. The Bertz CT molecular complexity index is 963. The van der Waals surface area contributed by atoms with Gasteiger partial charge >= 0.3 is 0 Å². The van der Waals surface area contributed by atoms with Crippen molar-refractivity contribution in [1.82, 2.24) is 9.88 Å². The molecule has 2 heterocycles. The van der Waals surface area contributed by atoms with E-state index in [-0.39, 0.29) is 5.91 Å². The van der Waals surface area contributed by atoms with E-state index in [4.69, 9.17) is 4.42 Å². The molecule has 1 aromatic carbocycles. The number of hydrogen-bond donors (Lipinski definition) is 0. The van der Waals surface area contributed by atoms with Gasteiger partial charge in [0, 0.05) is 37.5 Å². The highest BCUT2D eigenvalue weighted by Crippen LogP contribution is 2.47. The molecule has 1 saturated carbocycles. The third-order valence-corrected chi connectivity index (χ3v) is 5.43. The van der Waals surface area contributed by atoms with Crippen LogP contribution in [0, 0.1) is 5.92 Å². The molecular weight excluding hydrogens is 360 g/mol. The van der Waals surface area contributed by atoms with Gasteiger partial charge in [-0.1, -0.05) is 43.3 Å². The van der Waals surface area contributed by atoms with Gasteiger partial charge in [0.1, 0.15) is 11.5 Å². The lowest BCUT2D eigenvalue weighted by Crippen LogP contribution is -2.31. The molecular formula is C25H26N2O2. The largest absolute Gasteiger partial charge is 0.461 e. The van der Waals surface area contributed by atoms with Gasteiger partial charge in [-0.05, 0) is 54.2 Å². The Morgan fingerprint density at radius 2 is 1.93 bits per heavy atom. The van der Waals surface area contributed by atoms with Gasteiger partial charge in [-0.3, -0.25) is 9.78 Å². The summed E-state index contributed by atoms with van der Waals surface area (Å²) < 4.78 is 5.89. The lowest BCUT2D eigenvalue weighted by Gasteiger charge is -2.21. The van der Waals surface area contributed by atoms with Crippen LogP contribution in [0.15, 0.2) is 77.5 Å². The van der Waals surface area contributed by atoms with Gasteiger partial charge in [0.25, 0.3) is 0 Å². The first-order chi connectivity index (χ1) is 14.2. The van der Waals surface area contributed by atoms with Crippen LogP contribution in [0.1, 0.15) is 41.9 Å². The number of aromatic nitrogens is 1. The van der Waals surface area contributed by atoms with Crippen LogP contribution < -0.4 is 0 Å². The summed E-state index contributed by atoms with van der Waals surface area (Å²) in [6, 6.07) is 18.1. The van der Waals surface area contributed by atoms with Crippen LogP contribution >= 0.6 is 0 Å². The Morgan fingerprint density at radius 3 is 2.66 bits per heavy atom. The zero-order valence-corrected chi connectivity index (χ0v) is 16.7. The highest BCUT2D eigenvalue weighted by Gasteiger charge is 2.36. The number of hydrogen-bond acceptors (Lipinski definition) is 3. The van der Waals surface area contributed by atoms with Gasteiger partial charge in [-0.2, -0.15) is 0 Å². The van der Waals surface area contributed by atoms with Crippen molar-refractivity contribution in [3.63, 3.8) is 0 Å². The minimum atomic E-state index is -0.0254. The van der Waals surface area contributed by atoms with Crippen LogP contribution in [-0.4, -0.2) is 22.3 Å². The number of rotatable bonds is 8. The van der Waals surface area contributed by atoms with E-state index in [1.165, 1.54) is 12.0 Å². The molecule has 0 spiro atoms. The number of carbonyl (C=O) groups excluding carboxylic acids is 1. The van der Waals surface area contributed by atoms with Crippen LogP contribution in [0.5, 0.6) is 0 Å². The van der Waals surface area contributed by atoms with E-state index in [9.17, 15) is 4.79 Å². The summed E-state index contributed by atoms with van der Waals surface area (Å²) in [5.41, 5.74) is 2.24. The number of pyridine rings is 1. The quantitative estimate of drug-likeness (QED) is 0.507. The summed E-state index contributed by atoms with van der Waals surface area (Å²) in [5.74, 6) is 2.98. The van der Waals surface area contributed by atoms with E-state index in [1.54, 1.807) is 18.3 Å². The van der Waals surface area contributed by atoms with Crippen LogP contribution in [0.4, 0.5) is 0 Å². The standard InChI is InChI=1S/C25H26N2O2/c1-19-16-23(19)24-11-9-22(29-24)10-12-25(28)27(18-21-8-5-14-26-17-21)15-13-20-6-3-2-4-7-20/h2-12,14,17,19,23H,13,15-16,18H2,1H3/b12-10+. The molecule has 4 rings (SSSR count). The molecule has 0 bridgehead atoms. The first kappa shape index (κ1) is 19.2. The molecule has 1 amide bonds. The topological polar surface area (TPSA) is 46.3 Å². The van der Waals surface area contributed by atoms with E-state index < -0.39 is 0 Å². The van der Waals surface area contributed by atoms with E-state index in [0.717, 1.165) is 23.5 Å². The number of amides is 1. The normalized spacial score (nSPS) is 18.1. The van der Waals surface area contributed by atoms with Gasteiger partial charge in [-0.25, -0.2) is 0 Å². The van der Waals surface area contributed by atoms with Crippen LogP contribution in [0.2, 0.25) is 0 Å². The van der Waals surface area contributed by atoms with Crippen molar-refractivity contribution in [2.75, 3.05) is 6.54 Å². The molecule has 2 atom stereocenters. The summed E-state index contributed by atoms with van der Waals surface area (Å²) >= 11 is 0. The maximum absolute atomic E-state index is 12.9. The Morgan fingerprint density at radius 1 is 1.14 bits per heavy atom. The molecule has 0 N–H and O–H groups in total. The van der Waals surface area contributed by atoms with E-state index in [2.05, 4.69) is 24.0 Å². The average Bonchev–Trinajstić information content (AvgIpc) is 3.30. The highest BCUT2D eigenvalue weighted by atomic mass is 16.3. The van der Waals surface area contributed by atoms with E-state index in [1.807, 2.05) is 53.6 Å². The predicted octanol–water partition coefficient (Wildman–Crippen LogP) is 5.08. The van der Waals surface area contributed by atoms with Crippen molar-refractivity contribution in [3.05, 3.63) is 95.7 Å². The lowest BCUT2D eigenvalue weighted by atomic mass is 10.1. The van der Waals surface area contributed by atoms with Crippen LogP contribution in [-0.2, 0) is 17.8 Å². The van der Waals surface area contributed by atoms with Crippen LogP contribution in [0.25, 0.3) is 6.08 Å². The van der Waals surface area contributed by atoms with Gasteiger partial charge in [-0.15, -0.1) is 0 Å². The maximum atomic E-state index is 12.9. The maximum Gasteiger partial charge on any atom is 0.247 e. The molecule has 2 aromatic heterocycles. The predicted molar refractivity (Wildman–Crippen MR) is 114 cm³/mol. The first-order valence-corrected chi connectivity index (χ1v) is 10.2. The zero-order valence-electron chi connectivity index (χ0n) is 16.7. The molecule has 1 fully saturated rings. The second kappa shape index (κ2) is 8.91. The number of furan rings is 1. The molecule has 29 heavy (non-hydrogen) atoms. The molecule has 1 aliphatic carbocycles. The molecule has 0 radical (unpaired) electrons. The van der Waals surface area contributed by atoms with E-state index in [0.29, 0.717) is 24.9 Å². The fraction of sp³-hybridized carbons (Fsp3) is 0.280. The fourth-order valence-corrected chi connectivity index (χ4v) is 3.52. The molecule has 4 heteroatoms. The van der Waals surface area contributed by atoms with Crippen molar-refractivity contribution < 1.29 is 9.21 Å². The van der Waals surface area contributed by atoms with Crippen LogP contribution in [0.3, 0.4) is 0 Å². The third-order valence-electron chi connectivity index (χ3n) is 5.43. The smallest absolute Gasteiger partial charge is 0.247 e. The Hall–Kier alpha value is -3.14. The zero-order chi connectivity index (χ0) is 20.1. The average molecular weight is 386 g/mol. The summed E-state index contributed by atoms with van der Waals surface area (Å²) in [5, 5.41) is 0. The van der Waals surface area contributed by atoms with Crippen molar-refractivity contribution in [2.24, 2.45) is 5.92 Å². The van der Waals surface area contributed by atoms with Crippen molar-refractivity contribution in [2.45, 2.75) is 32.2 Å². The van der Waals surface area contributed by atoms with Crippen molar-refractivity contribution >= 4 is 12.0 Å². The Labute approximate surface area is 171 Å².